The molecular formula is C23H19N5O3. The smallest absolute Gasteiger partial charge is 0.412 e. The van der Waals surface area contributed by atoms with Crippen LogP contribution in [0.5, 0.6) is 0 Å². The van der Waals surface area contributed by atoms with E-state index < -0.39 is 12.1 Å². The molecule has 0 bridgehead atoms. The lowest BCUT2D eigenvalue weighted by Crippen LogP contribution is -2.33. The van der Waals surface area contributed by atoms with Crippen LogP contribution in [0.1, 0.15) is 18.5 Å². The number of amides is 2. The monoisotopic (exact) mass is 413 g/mol. The summed E-state index contributed by atoms with van der Waals surface area (Å²) in [5.74, 6) is 0.0735. The van der Waals surface area contributed by atoms with Gasteiger partial charge >= 0.3 is 6.09 Å². The summed E-state index contributed by atoms with van der Waals surface area (Å²) in [6, 6.07) is 18.0. The highest BCUT2D eigenvalue weighted by Gasteiger charge is 2.28. The van der Waals surface area contributed by atoms with Crippen LogP contribution in [0, 0.1) is 0 Å². The summed E-state index contributed by atoms with van der Waals surface area (Å²) in [7, 11) is 0. The molecule has 0 aliphatic carbocycles. The first kappa shape index (κ1) is 20.0. The van der Waals surface area contributed by atoms with Crippen LogP contribution in [0.2, 0.25) is 0 Å². The Bertz CT molecular complexity index is 1230. The molecule has 0 spiro atoms. The number of aromatic nitrogens is 3. The van der Waals surface area contributed by atoms with Gasteiger partial charge < -0.3 is 10.4 Å². The Kier molecular flexibility index (Phi) is 5.53. The van der Waals surface area contributed by atoms with Crippen molar-refractivity contribution in [1.82, 2.24) is 15.2 Å². The summed E-state index contributed by atoms with van der Waals surface area (Å²) in [6.45, 7) is 1.78. The fourth-order valence-electron chi connectivity index (χ4n) is 3.55. The lowest BCUT2D eigenvalue weighted by molar-refractivity contribution is -0.105. The summed E-state index contributed by atoms with van der Waals surface area (Å²) >= 11 is 0. The molecule has 0 unspecified atom stereocenters. The molecule has 1 atom stereocenters. The normalized spacial score (nSPS) is 11.6. The highest BCUT2D eigenvalue weighted by Crippen LogP contribution is 2.38. The molecule has 0 fully saturated rings. The maximum absolute atomic E-state index is 12.4. The first-order chi connectivity index (χ1) is 15.1. The van der Waals surface area contributed by atoms with Gasteiger partial charge in [-0.2, -0.15) is 0 Å². The number of nitrogens with zero attached hydrogens (tertiary/aromatic N) is 4. The number of nitrogens with one attached hydrogen (secondary N) is 1. The molecule has 154 valence electrons. The predicted octanol–water partition coefficient (Wildman–Crippen LogP) is 4.51. The van der Waals surface area contributed by atoms with Gasteiger partial charge in [-0.25, -0.2) is 4.79 Å². The third kappa shape index (κ3) is 3.91. The summed E-state index contributed by atoms with van der Waals surface area (Å²) in [6.07, 6.45) is 2.68. The van der Waals surface area contributed by atoms with Crippen LogP contribution in [0.15, 0.2) is 73.1 Å². The van der Waals surface area contributed by atoms with Gasteiger partial charge in [-0.3, -0.25) is 14.7 Å². The molecule has 2 N–H and O–H groups in total. The summed E-state index contributed by atoms with van der Waals surface area (Å²) in [4.78, 5) is 28.8. The van der Waals surface area contributed by atoms with E-state index in [0.717, 1.165) is 16.7 Å². The Morgan fingerprint density at radius 1 is 1.03 bits per heavy atom. The zero-order valence-corrected chi connectivity index (χ0v) is 16.6. The van der Waals surface area contributed by atoms with Gasteiger partial charge in [0.2, 0.25) is 6.41 Å². The third-order valence-corrected chi connectivity index (χ3v) is 5.06. The lowest BCUT2D eigenvalue weighted by Gasteiger charge is -2.29. The molecule has 31 heavy (non-hydrogen) atoms. The number of benzene rings is 2. The second-order valence-electron chi connectivity index (χ2n) is 6.87. The molecule has 4 aromatic rings. The van der Waals surface area contributed by atoms with Gasteiger partial charge in [0.25, 0.3) is 0 Å². The van der Waals surface area contributed by atoms with Gasteiger partial charge in [-0.15, -0.1) is 10.2 Å². The highest BCUT2D eigenvalue weighted by molar-refractivity contribution is 6.06. The first-order valence-electron chi connectivity index (χ1n) is 9.58. The zero-order valence-electron chi connectivity index (χ0n) is 16.6. The third-order valence-electron chi connectivity index (χ3n) is 5.06. The summed E-state index contributed by atoms with van der Waals surface area (Å²) in [5.41, 5.74) is 3.42. The van der Waals surface area contributed by atoms with Crippen molar-refractivity contribution in [3.8, 4) is 11.1 Å². The second kappa shape index (κ2) is 8.58. The lowest BCUT2D eigenvalue weighted by atomic mass is 10.0. The summed E-state index contributed by atoms with van der Waals surface area (Å²) in [5, 5.41) is 21.5. The van der Waals surface area contributed by atoms with E-state index in [4.69, 9.17) is 0 Å². The average Bonchev–Trinajstić information content (AvgIpc) is 2.81. The standard InChI is InChI=1S/C23H19N5O3/c1-15(16-5-3-2-4-6-16)28(23(30)31)21-19-8-7-18(17-9-11-24-12-10-17)13-20(19)26-27-22(21)25-14-29/h2-15H,1H3,(H,30,31)(H,25,27,29)/t15-/m1/s1. The van der Waals surface area contributed by atoms with E-state index in [2.05, 4.69) is 20.5 Å². The number of carboxylic acid groups (broad SMARTS) is 1. The van der Waals surface area contributed by atoms with E-state index in [9.17, 15) is 14.7 Å². The molecule has 0 aliphatic heterocycles. The second-order valence-corrected chi connectivity index (χ2v) is 6.87. The van der Waals surface area contributed by atoms with Gasteiger partial charge in [0.15, 0.2) is 5.82 Å². The van der Waals surface area contributed by atoms with Gasteiger partial charge in [0.1, 0.15) is 5.69 Å². The minimum atomic E-state index is -1.17. The largest absolute Gasteiger partial charge is 0.465 e. The molecule has 0 radical (unpaired) electrons. The van der Waals surface area contributed by atoms with Crippen LogP contribution in [-0.4, -0.2) is 32.8 Å². The molecule has 8 nitrogen and oxygen atoms in total. The fraction of sp³-hybridized carbons (Fsp3) is 0.0870. The van der Waals surface area contributed by atoms with E-state index in [0.29, 0.717) is 17.3 Å². The predicted molar refractivity (Wildman–Crippen MR) is 118 cm³/mol. The Hall–Kier alpha value is -4.33. The number of pyridine rings is 1. The molecule has 0 saturated heterocycles. The molecule has 8 heteroatoms. The molecule has 2 aromatic carbocycles. The minimum absolute atomic E-state index is 0.0735. The Balaban J connectivity index is 1.91. The van der Waals surface area contributed by atoms with Crippen molar-refractivity contribution in [2.75, 3.05) is 10.2 Å². The number of rotatable bonds is 6. The van der Waals surface area contributed by atoms with Gasteiger partial charge in [-0.1, -0.05) is 36.4 Å². The molecule has 4 rings (SSSR count). The quantitative estimate of drug-likeness (QED) is 0.450. The van der Waals surface area contributed by atoms with E-state index in [1.165, 1.54) is 4.90 Å². The van der Waals surface area contributed by atoms with Crippen LogP contribution < -0.4 is 10.2 Å². The molecule has 2 amide bonds. The van der Waals surface area contributed by atoms with Crippen molar-refractivity contribution >= 4 is 34.9 Å². The maximum Gasteiger partial charge on any atom is 0.412 e. The Morgan fingerprint density at radius 2 is 1.77 bits per heavy atom. The van der Waals surface area contributed by atoms with Crippen LogP contribution in [0.4, 0.5) is 16.3 Å². The number of carbonyl (C=O) groups is 2. The summed E-state index contributed by atoms with van der Waals surface area (Å²) < 4.78 is 0. The molecule has 2 heterocycles. The van der Waals surface area contributed by atoms with E-state index in [1.807, 2.05) is 54.6 Å². The average molecular weight is 413 g/mol. The minimum Gasteiger partial charge on any atom is -0.465 e. The van der Waals surface area contributed by atoms with E-state index in [-0.39, 0.29) is 11.5 Å². The van der Waals surface area contributed by atoms with Gasteiger partial charge in [0, 0.05) is 17.8 Å². The van der Waals surface area contributed by atoms with Crippen molar-refractivity contribution in [3.05, 3.63) is 78.6 Å². The van der Waals surface area contributed by atoms with E-state index in [1.54, 1.807) is 25.4 Å². The van der Waals surface area contributed by atoms with E-state index >= 15 is 0 Å². The Morgan fingerprint density at radius 3 is 2.45 bits per heavy atom. The number of hydrogen-bond donors (Lipinski definition) is 2. The van der Waals surface area contributed by atoms with Gasteiger partial charge in [-0.05, 0) is 47.9 Å². The number of hydrogen-bond acceptors (Lipinski definition) is 5. The van der Waals surface area contributed by atoms with Crippen molar-refractivity contribution < 1.29 is 14.7 Å². The number of carbonyl (C=O) groups excluding carboxylic acids is 1. The van der Waals surface area contributed by atoms with Crippen molar-refractivity contribution in [1.29, 1.82) is 0 Å². The fourth-order valence-corrected chi connectivity index (χ4v) is 3.55. The first-order valence-corrected chi connectivity index (χ1v) is 9.58. The van der Waals surface area contributed by atoms with Crippen LogP contribution >= 0.6 is 0 Å². The van der Waals surface area contributed by atoms with Crippen molar-refractivity contribution in [2.24, 2.45) is 0 Å². The number of fused-ring (bicyclic) bond motifs is 1. The molecule has 0 aliphatic rings. The number of anilines is 2. The maximum atomic E-state index is 12.4. The van der Waals surface area contributed by atoms with Crippen LogP contribution in [-0.2, 0) is 4.79 Å². The molecule has 0 saturated carbocycles. The van der Waals surface area contributed by atoms with Gasteiger partial charge in [0.05, 0.1) is 11.6 Å². The zero-order chi connectivity index (χ0) is 21.8. The van der Waals surface area contributed by atoms with Crippen molar-refractivity contribution in [3.63, 3.8) is 0 Å². The Labute approximate surface area is 178 Å². The van der Waals surface area contributed by atoms with Crippen LogP contribution in [0.3, 0.4) is 0 Å². The highest BCUT2D eigenvalue weighted by atomic mass is 16.4. The molecular weight excluding hydrogens is 394 g/mol. The SMILES string of the molecule is C[C@H](c1ccccc1)N(C(=O)O)c1c(NC=O)nnc2cc(-c3ccncc3)ccc12. The molecule has 2 aromatic heterocycles. The van der Waals surface area contributed by atoms with Crippen LogP contribution in [0.25, 0.3) is 22.0 Å². The van der Waals surface area contributed by atoms with Crippen molar-refractivity contribution in [2.45, 2.75) is 13.0 Å². The topological polar surface area (TPSA) is 108 Å².